The van der Waals surface area contributed by atoms with E-state index in [9.17, 15) is 10.2 Å². The predicted octanol–water partition coefficient (Wildman–Crippen LogP) is 3.07. The fourth-order valence-electron chi connectivity index (χ4n) is 3.08. The van der Waals surface area contributed by atoms with Gasteiger partial charge in [-0.25, -0.2) is 0 Å². The van der Waals surface area contributed by atoms with Crippen molar-refractivity contribution in [3.05, 3.63) is 78.4 Å². The first-order chi connectivity index (χ1) is 12.8. The van der Waals surface area contributed by atoms with Crippen molar-refractivity contribution in [2.24, 2.45) is 0 Å². The van der Waals surface area contributed by atoms with Crippen molar-refractivity contribution in [3.8, 4) is 5.75 Å². The van der Waals surface area contributed by atoms with Gasteiger partial charge in [0.2, 0.25) is 0 Å². The highest BCUT2D eigenvalue weighted by atomic mass is 16.5. The maximum atomic E-state index is 10.4. The normalized spacial score (nSPS) is 12.4. The zero-order valence-corrected chi connectivity index (χ0v) is 14.8. The smallest absolute Gasteiger partial charge is 0.127 e. The highest BCUT2D eigenvalue weighted by Gasteiger charge is 2.13. The second-order valence-electron chi connectivity index (χ2n) is 6.39. The summed E-state index contributed by atoms with van der Waals surface area (Å²) < 4.78 is 5.87. The van der Waals surface area contributed by atoms with Crippen LogP contribution in [0.5, 0.6) is 5.75 Å². The minimum atomic E-state index is -0.635. The summed E-state index contributed by atoms with van der Waals surface area (Å²) in [6, 6.07) is 24.0. The van der Waals surface area contributed by atoms with Crippen LogP contribution in [-0.4, -0.2) is 47.5 Å². The van der Waals surface area contributed by atoms with E-state index in [0.29, 0.717) is 19.6 Å². The number of aliphatic hydroxyl groups excluding tert-OH is 2. The van der Waals surface area contributed by atoms with Gasteiger partial charge in [-0.3, -0.25) is 4.90 Å². The first-order valence-corrected chi connectivity index (χ1v) is 8.92. The van der Waals surface area contributed by atoms with E-state index < -0.39 is 6.10 Å². The van der Waals surface area contributed by atoms with Crippen molar-refractivity contribution in [2.45, 2.75) is 12.6 Å². The summed E-state index contributed by atoms with van der Waals surface area (Å²) in [6.07, 6.45) is -0.635. The Kier molecular flexibility index (Phi) is 6.61. The summed E-state index contributed by atoms with van der Waals surface area (Å²) >= 11 is 0. The Morgan fingerprint density at radius 3 is 2.42 bits per heavy atom. The van der Waals surface area contributed by atoms with E-state index in [1.165, 1.54) is 0 Å². The molecule has 0 fully saturated rings. The summed E-state index contributed by atoms with van der Waals surface area (Å²) in [4.78, 5) is 2.03. The molecule has 4 heteroatoms. The second kappa shape index (κ2) is 9.34. The van der Waals surface area contributed by atoms with Gasteiger partial charge in [-0.05, 0) is 17.0 Å². The molecule has 1 atom stereocenters. The summed E-state index contributed by atoms with van der Waals surface area (Å²) in [5.74, 6) is 0.777. The molecule has 3 aromatic rings. The molecule has 0 heterocycles. The summed E-state index contributed by atoms with van der Waals surface area (Å²) in [6.45, 7) is 1.92. The molecule has 0 aliphatic rings. The van der Waals surface area contributed by atoms with Crippen LogP contribution in [0.4, 0.5) is 0 Å². The quantitative estimate of drug-likeness (QED) is 0.622. The third kappa shape index (κ3) is 5.05. The van der Waals surface area contributed by atoms with Crippen molar-refractivity contribution in [1.82, 2.24) is 4.90 Å². The zero-order chi connectivity index (χ0) is 18.2. The number of rotatable bonds is 9. The molecule has 0 bridgehead atoms. The van der Waals surface area contributed by atoms with Gasteiger partial charge in [0.05, 0.1) is 6.61 Å². The molecule has 3 aromatic carbocycles. The maximum Gasteiger partial charge on any atom is 0.127 e. The van der Waals surface area contributed by atoms with Crippen LogP contribution in [0, 0.1) is 0 Å². The van der Waals surface area contributed by atoms with Crippen LogP contribution in [-0.2, 0) is 6.54 Å². The number of aliphatic hydroxyl groups is 2. The van der Waals surface area contributed by atoms with Gasteiger partial charge in [0.15, 0.2) is 0 Å². The number of ether oxygens (including phenoxy) is 1. The Hall–Kier alpha value is -2.40. The Labute approximate surface area is 154 Å². The van der Waals surface area contributed by atoms with E-state index in [0.717, 1.165) is 22.1 Å². The molecule has 0 saturated carbocycles. The van der Waals surface area contributed by atoms with Gasteiger partial charge < -0.3 is 14.9 Å². The van der Waals surface area contributed by atoms with Gasteiger partial charge in [0.1, 0.15) is 18.5 Å². The van der Waals surface area contributed by atoms with E-state index in [2.05, 4.69) is 0 Å². The van der Waals surface area contributed by atoms with E-state index >= 15 is 0 Å². The van der Waals surface area contributed by atoms with Crippen molar-refractivity contribution < 1.29 is 14.9 Å². The topological polar surface area (TPSA) is 52.9 Å². The van der Waals surface area contributed by atoms with Crippen LogP contribution < -0.4 is 4.74 Å². The predicted molar refractivity (Wildman–Crippen MR) is 104 cm³/mol. The number of fused-ring (bicyclic) bond motifs is 1. The summed E-state index contributed by atoms with van der Waals surface area (Å²) in [5, 5.41) is 21.9. The summed E-state index contributed by atoms with van der Waals surface area (Å²) in [5.41, 5.74) is 1.16. The van der Waals surface area contributed by atoms with Gasteiger partial charge in [0.25, 0.3) is 0 Å². The van der Waals surface area contributed by atoms with Crippen LogP contribution in [0.25, 0.3) is 10.8 Å². The standard InChI is InChI=1S/C22H25NO3/c24-14-13-23(15-18-7-2-1-3-8-18)16-20(25)17-26-22-12-6-10-19-9-4-5-11-21(19)22/h1-12,20,24-25H,13-17H2/t20-/m0/s1. The van der Waals surface area contributed by atoms with E-state index in [1.807, 2.05) is 77.7 Å². The van der Waals surface area contributed by atoms with Gasteiger partial charge in [-0.1, -0.05) is 66.7 Å². The van der Waals surface area contributed by atoms with Crippen LogP contribution in [0.2, 0.25) is 0 Å². The molecule has 0 saturated heterocycles. The van der Waals surface area contributed by atoms with Crippen molar-refractivity contribution in [2.75, 3.05) is 26.3 Å². The number of benzene rings is 3. The molecule has 0 radical (unpaired) electrons. The first kappa shape index (κ1) is 18.4. The van der Waals surface area contributed by atoms with Crippen molar-refractivity contribution >= 4 is 10.8 Å². The SMILES string of the molecule is OCCN(Cc1ccccc1)C[C@H](O)COc1cccc2ccccc12. The average molecular weight is 351 g/mol. The Morgan fingerprint density at radius 2 is 1.62 bits per heavy atom. The molecule has 4 nitrogen and oxygen atoms in total. The van der Waals surface area contributed by atoms with Gasteiger partial charge >= 0.3 is 0 Å². The van der Waals surface area contributed by atoms with E-state index in [1.54, 1.807) is 0 Å². The van der Waals surface area contributed by atoms with Crippen molar-refractivity contribution in [1.29, 1.82) is 0 Å². The molecule has 136 valence electrons. The minimum Gasteiger partial charge on any atom is -0.490 e. The van der Waals surface area contributed by atoms with E-state index in [4.69, 9.17) is 4.74 Å². The molecule has 0 spiro atoms. The van der Waals surface area contributed by atoms with E-state index in [-0.39, 0.29) is 13.2 Å². The highest BCUT2D eigenvalue weighted by molar-refractivity contribution is 5.88. The largest absolute Gasteiger partial charge is 0.490 e. The van der Waals surface area contributed by atoms with Crippen molar-refractivity contribution in [3.63, 3.8) is 0 Å². The third-order valence-corrected chi connectivity index (χ3v) is 4.32. The second-order valence-corrected chi connectivity index (χ2v) is 6.39. The lowest BCUT2D eigenvalue weighted by molar-refractivity contribution is 0.0595. The summed E-state index contributed by atoms with van der Waals surface area (Å²) in [7, 11) is 0. The highest BCUT2D eigenvalue weighted by Crippen LogP contribution is 2.25. The number of hydrogen-bond acceptors (Lipinski definition) is 4. The van der Waals surface area contributed by atoms with Crippen LogP contribution in [0.1, 0.15) is 5.56 Å². The first-order valence-electron chi connectivity index (χ1n) is 8.92. The lowest BCUT2D eigenvalue weighted by atomic mass is 10.1. The van der Waals surface area contributed by atoms with Gasteiger partial charge in [0, 0.05) is 25.0 Å². The molecule has 3 rings (SSSR count). The molecular formula is C22H25NO3. The molecular weight excluding hydrogens is 326 g/mol. The van der Waals surface area contributed by atoms with Crippen LogP contribution in [0.3, 0.4) is 0 Å². The Bertz CT molecular complexity index is 801. The molecule has 0 amide bonds. The maximum absolute atomic E-state index is 10.4. The molecule has 2 N–H and O–H groups in total. The lowest BCUT2D eigenvalue weighted by Gasteiger charge is -2.24. The molecule has 0 aliphatic carbocycles. The van der Waals surface area contributed by atoms with Crippen LogP contribution in [0.15, 0.2) is 72.8 Å². The van der Waals surface area contributed by atoms with Crippen LogP contribution >= 0.6 is 0 Å². The minimum absolute atomic E-state index is 0.0593. The fraction of sp³-hybridized carbons (Fsp3) is 0.273. The molecule has 26 heavy (non-hydrogen) atoms. The molecule has 0 aliphatic heterocycles. The number of nitrogens with zero attached hydrogens (tertiary/aromatic N) is 1. The fourth-order valence-corrected chi connectivity index (χ4v) is 3.08. The Balaban J connectivity index is 1.58. The number of hydrogen-bond donors (Lipinski definition) is 2. The third-order valence-electron chi connectivity index (χ3n) is 4.32. The molecule has 0 unspecified atom stereocenters. The van der Waals surface area contributed by atoms with Gasteiger partial charge in [-0.15, -0.1) is 0 Å². The molecule has 0 aromatic heterocycles. The zero-order valence-electron chi connectivity index (χ0n) is 14.8. The average Bonchev–Trinajstić information content (AvgIpc) is 2.67. The monoisotopic (exact) mass is 351 g/mol. The lowest BCUT2D eigenvalue weighted by Crippen LogP contribution is -2.37. The Morgan fingerprint density at radius 1 is 0.885 bits per heavy atom. The van der Waals surface area contributed by atoms with Gasteiger partial charge in [-0.2, -0.15) is 0 Å².